The number of likely N-dealkylation sites (tertiary alicyclic amines) is 1. The average molecular weight is 324 g/mol. The number of aromatic nitrogens is 1. The second-order valence-corrected chi connectivity index (χ2v) is 7.73. The second-order valence-electron chi connectivity index (χ2n) is 7.73. The molecule has 2 atom stereocenters. The van der Waals surface area contributed by atoms with Crippen molar-refractivity contribution in [2.45, 2.75) is 51.7 Å². The largest absolute Gasteiger partial charge is 0.381 e. The first kappa shape index (κ1) is 16.0. The van der Waals surface area contributed by atoms with Gasteiger partial charge in [0.25, 0.3) is 0 Å². The minimum Gasteiger partial charge on any atom is -0.381 e. The van der Waals surface area contributed by atoms with Crippen LogP contribution < -0.4 is 0 Å². The molecular weight excluding hydrogens is 296 g/mol. The van der Waals surface area contributed by atoms with Crippen LogP contribution in [0.5, 0.6) is 0 Å². The van der Waals surface area contributed by atoms with Gasteiger partial charge in [0.15, 0.2) is 0 Å². The van der Waals surface area contributed by atoms with E-state index in [4.69, 9.17) is 4.74 Å². The Balaban J connectivity index is 1.59. The molecule has 1 aliphatic heterocycles. The van der Waals surface area contributed by atoms with Crippen LogP contribution in [0.1, 0.15) is 43.2 Å². The van der Waals surface area contributed by atoms with Crippen molar-refractivity contribution in [1.82, 2.24) is 9.88 Å². The summed E-state index contributed by atoms with van der Waals surface area (Å²) in [6, 6.07) is 8.79. The molecule has 1 saturated heterocycles. The van der Waals surface area contributed by atoms with Crippen LogP contribution in [0.15, 0.2) is 30.5 Å². The fourth-order valence-electron chi connectivity index (χ4n) is 5.09. The molecule has 1 saturated carbocycles. The van der Waals surface area contributed by atoms with Gasteiger partial charge in [0, 0.05) is 37.2 Å². The molecule has 2 heterocycles. The van der Waals surface area contributed by atoms with Crippen LogP contribution in [0.2, 0.25) is 0 Å². The maximum absolute atomic E-state index is 5.85. The Morgan fingerprint density at radius 2 is 2.12 bits per heavy atom. The Hall–Kier alpha value is -1.45. The third kappa shape index (κ3) is 2.74. The van der Waals surface area contributed by atoms with Crippen LogP contribution in [0.25, 0.3) is 10.9 Å². The number of hydrogen-bond donors (Lipinski definition) is 0. The predicted molar refractivity (Wildman–Crippen MR) is 98.1 cm³/mol. The van der Waals surface area contributed by atoms with E-state index < -0.39 is 0 Å². The van der Waals surface area contributed by atoms with Crippen LogP contribution in [0.3, 0.4) is 0 Å². The molecule has 2 aliphatic rings. The van der Waals surface area contributed by atoms with E-state index in [1.807, 2.05) is 13.3 Å². The van der Waals surface area contributed by atoms with Crippen molar-refractivity contribution < 1.29 is 4.74 Å². The van der Waals surface area contributed by atoms with Crippen LogP contribution in [0, 0.1) is 12.3 Å². The fourth-order valence-corrected chi connectivity index (χ4v) is 5.09. The summed E-state index contributed by atoms with van der Waals surface area (Å²) in [4.78, 5) is 7.24. The highest BCUT2D eigenvalue weighted by atomic mass is 16.5. The maximum atomic E-state index is 5.85. The van der Waals surface area contributed by atoms with Crippen LogP contribution in [-0.2, 0) is 11.3 Å². The van der Waals surface area contributed by atoms with E-state index in [1.54, 1.807) is 0 Å². The Morgan fingerprint density at radius 1 is 1.25 bits per heavy atom. The number of hydrogen-bond acceptors (Lipinski definition) is 3. The van der Waals surface area contributed by atoms with Crippen molar-refractivity contribution in [1.29, 1.82) is 0 Å². The summed E-state index contributed by atoms with van der Waals surface area (Å²) in [5.41, 5.74) is 4.22. The number of aryl methyl sites for hydroxylation is 1. The summed E-state index contributed by atoms with van der Waals surface area (Å²) < 4.78 is 5.85. The maximum Gasteiger partial charge on any atom is 0.0734 e. The quantitative estimate of drug-likeness (QED) is 0.840. The zero-order valence-corrected chi connectivity index (χ0v) is 14.9. The van der Waals surface area contributed by atoms with Gasteiger partial charge in [-0.25, -0.2) is 0 Å². The lowest BCUT2D eigenvalue weighted by atomic mass is 9.76. The summed E-state index contributed by atoms with van der Waals surface area (Å²) in [5.74, 6) is 0. The van der Waals surface area contributed by atoms with Crippen LogP contribution >= 0.6 is 0 Å². The lowest BCUT2D eigenvalue weighted by Crippen LogP contribution is -2.47. The number of piperidine rings is 1. The molecule has 3 heteroatoms. The Kier molecular flexibility index (Phi) is 4.31. The number of benzene rings is 1. The van der Waals surface area contributed by atoms with Gasteiger partial charge >= 0.3 is 0 Å². The lowest BCUT2D eigenvalue weighted by molar-refractivity contribution is -0.0365. The normalized spacial score (nSPS) is 28.0. The van der Waals surface area contributed by atoms with Crippen molar-refractivity contribution >= 4 is 10.9 Å². The zero-order valence-electron chi connectivity index (χ0n) is 14.9. The van der Waals surface area contributed by atoms with E-state index in [2.05, 4.69) is 41.1 Å². The van der Waals surface area contributed by atoms with Crippen LogP contribution in [0.4, 0.5) is 0 Å². The molecule has 0 unspecified atom stereocenters. The molecule has 2 fully saturated rings. The third-order valence-electron chi connectivity index (χ3n) is 6.25. The van der Waals surface area contributed by atoms with Gasteiger partial charge in [-0.1, -0.05) is 24.6 Å². The first-order valence-corrected chi connectivity index (χ1v) is 9.30. The zero-order chi connectivity index (χ0) is 16.6. The van der Waals surface area contributed by atoms with Gasteiger partial charge in [-0.05, 0) is 56.3 Å². The molecule has 0 bridgehead atoms. The van der Waals surface area contributed by atoms with Gasteiger partial charge in [-0.3, -0.25) is 9.88 Å². The highest BCUT2D eigenvalue weighted by Crippen LogP contribution is 2.46. The molecule has 2 aromatic rings. The monoisotopic (exact) mass is 324 g/mol. The molecule has 1 aliphatic carbocycles. The molecule has 0 amide bonds. The van der Waals surface area contributed by atoms with E-state index in [1.165, 1.54) is 61.7 Å². The van der Waals surface area contributed by atoms with Gasteiger partial charge < -0.3 is 4.74 Å². The Morgan fingerprint density at radius 3 is 3.00 bits per heavy atom. The van der Waals surface area contributed by atoms with Gasteiger partial charge in [0.05, 0.1) is 11.6 Å². The molecule has 1 spiro atoms. The second kappa shape index (κ2) is 6.45. The SMILES string of the molecule is CO[C@@H]1CCC[C@@]12CCCN(Cc1ccc(C)c3ncccc13)C2. The Bertz CT molecular complexity index is 729. The van der Waals surface area contributed by atoms with Gasteiger partial charge in [-0.15, -0.1) is 0 Å². The van der Waals surface area contributed by atoms with Gasteiger partial charge in [0.1, 0.15) is 0 Å². The van der Waals surface area contributed by atoms with Gasteiger partial charge in [-0.2, -0.15) is 0 Å². The molecule has 3 nitrogen and oxygen atoms in total. The number of ether oxygens (including phenoxy) is 1. The first-order valence-electron chi connectivity index (χ1n) is 9.30. The van der Waals surface area contributed by atoms with Gasteiger partial charge in [0.2, 0.25) is 0 Å². The average Bonchev–Trinajstić information content (AvgIpc) is 2.99. The number of pyridine rings is 1. The summed E-state index contributed by atoms with van der Waals surface area (Å²) in [6.07, 6.45) is 8.87. The predicted octanol–water partition coefficient (Wildman–Crippen LogP) is 4.32. The van der Waals surface area contributed by atoms with Crippen molar-refractivity contribution in [2.75, 3.05) is 20.2 Å². The molecular formula is C21H28N2O. The number of fused-ring (bicyclic) bond motifs is 1. The van der Waals surface area contributed by atoms with E-state index in [0.29, 0.717) is 11.5 Å². The van der Waals surface area contributed by atoms with E-state index >= 15 is 0 Å². The van der Waals surface area contributed by atoms with Crippen molar-refractivity contribution in [3.8, 4) is 0 Å². The van der Waals surface area contributed by atoms with Crippen molar-refractivity contribution in [3.05, 3.63) is 41.6 Å². The molecule has 1 aromatic carbocycles. The van der Waals surface area contributed by atoms with Crippen molar-refractivity contribution in [3.63, 3.8) is 0 Å². The molecule has 128 valence electrons. The van der Waals surface area contributed by atoms with E-state index in [9.17, 15) is 0 Å². The van der Waals surface area contributed by atoms with Crippen molar-refractivity contribution in [2.24, 2.45) is 5.41 Å². The minimum absolute atomic E-state index is 0.395. The highest BCUT2D eigenvalue weighted by Gasteiger charge is 2.45. The third-order valence-corrected chi connectivity index (χ3v) is 6.25. The fraction of sp³-hybridized carbons (Fsp3) is 0.571. The number of nitrogens with zero attached hydrogens (tertiary/aromatic N) is 2. The topological polar surface area (TPSA) is 25.4 Å². The minimum atomic E-state index is 0.395. The molecule has 4 rings (SSSR count). The molecule has 0 radical (unpaired) electrons. The lowest BCUT2D eigenvalue weighted by Gasteiger charge is -2.43. The highest BCUT2D eigenvalue weighted by molar-refractivity contribution is 5.84. The first-order chi connectivity index (χ1) is 11.7. The van der Waals surface area contributed by atoms with E-state index in [-0.39, 0.29) is 0 Å². The smallest absolute Gasteiger partial charge is 0.0734 e. The van der Waals surface area contributed by atoms with Crippen LogP contribution in [-0.4, -0.2) is 36.2 Å². The summed E-state index contributed by atoms with van der Waals surface area (Å²) >= 11 is 0. The van der Waals surface area contributed by atoms with E-state index in [0.717, 1.165) is 12.1 Å². The summed E-state index contributed by atoms with van der Waals surface area (Å²) in [7, 11) is 1.90. The summed E-state index contributed by atoms with van der Waals surface area (Å²) in [6.45, 7) is 5.56. The number of methoxy groups -OCH3 is 1. The molecule has 1 aromatic heterocycles. The standard InChI is InChI=1S/C21H28N2O/c1-16-8-9-17(18-6-4-12-22-20(16)18)14-23-13-5-11-21(15-23)10-3-7-19(21)24-2/h4,6,8-9,12,19H,3,5,7,10-11,13-15H2,1-2H3/t19-,21+/m1/s1. The Labute approximate surface area is 145 Å². The summed E-state index contributed by atoms with van der Waals surface area (Å²) in [5, 5.41) is 1.31. The number of rotatable bonds is 3. The molecule has 0 N–H and O–H groups in total. The molecule has 24 heavy (non-hydrogen) atoms.